The van der Waals surface area contributed by atoms with Gasteiger partial charge in [-0.25, -0.2) is 0 Å². The molecule has 168 valence electrons. The zero-order valence-electron chi connectivity index (χ0n) is 18.1. The minimum atomic E-state index is -4.28. The normalized spacial score (nSPS) is 26.3. The summed E-state index contributed by atoms with van der Waals surface area (Å²) in [5.74, 6) is 0. The van der Waals surface area contributed by atoms with Gasteiger partial charge in [0.1, 0.15) is 0 Å². The molecular formula is C23H35F3N4. The second-order valence-corrected chi connectivity index (χ2v) is 9.03. The molecular weight excluding hydrogens is 389 g/mol. The van der Waals surface area contributed by atoms with Gasteiger partial charge in [-0.2, -0.15) is 13.2 Å². The summed E-state index contributed by atoms with van der Waals surface area (Å²) >= 11 is 0. The lowest BCUT2D eigenvalue weighted by Crippen LogP contribution is -2.57. The van der Waals surface area contributed by atoms with E-state index < -0.39 is 11.7 Å². The van der Waals surface area contributed by atoms with Crippen LogP contribution >= 0.6 is 0 Å². The topological polar surface area (TPSA) is 13.0 Å². The van der Waals surface area contributed by atoms with Gasteiger partial charge >= 0.3 is 6.18 Å². The number of halogens is 3. The van der Waals surface area contributed by atoms with Gasteiger partial charge in [-0.1, -0.05) is 13.0 Å². The SMILES string of the molecule is CCN1CCC(N2CCC[C@@H](N3CCN(c4cccc(C(F)(F)F)c4)CC3)C2)CC1. The molecule has 1 aromatic carbocycles. The maximum atomic E-state index is 13.0. The van der Waals surface area contributed by atoms with Crippen molar-refractivity contribution in [2.75, 3.05) is 63.8 Å². The molecule has 3 saturated heterocycles. The minimum absolute atomic E-state index is 0.556. The first-order chi connectivity index (χ1) is 14.4. The van der Waals surface area contributed by atoms with E-state index >= 15 is 0 Å². The molecule has 3 aliphatic heterocycles. The summed E-state index contributed by atoms with van der Waals surface area (Å²) in [5, 5.41) is 0. The number of alkyl halides is 3. The highest BCUT2D eigenvalue weighted by atomic mass is 19.4. The fourth-order valence-electron chi connectivity index (χ4n) is 5.44. The summed E-state index contributed by atoms with van der Waals surface area (Å²) in [4.78, 5) is 9.95. The Kier molecular flexibility index (Phi) is 6.90. The molecule has 0 aliphatic carbocycles. The van der Waals surface area contributed by atoms with Gasteiger partial charge in [-0.05, 0) is 70.1 Å². The van der Waals surface area contributed by atoms with E-state index in [1.54, 1.807) is 6.07 Å². The minimum Gasteiger partial charge on any atom is -0.369 e. The molecule has 3 heterocycles. The van der Waals surface area contributed by atoms with Gasteiger partial charge in [-0.3, -0.25) is 9.80 Å². The number of anilines is 1. The van der Waals surface area contributed by atoms with E-state index in [4.69, 9.17) is 0 Å². The highest BCUT2D eigenvalue weighted by Crippen LogP contribution is 2.32. The van der Waals surface area contributed by atoms with Crippen LogP contribution in [0.2, 0.25) is 0 Å². The van der Waals surface area contributed by atoms with Crippen LogP contribution in [0.25, 0.3) is 0 Å². The molecule has 0 aromatic heterocycles. The Morgan fingerprint density at radius 2 is 1.60 bits per heavy atom. The maximum Gasteiger partial charge on any atom is 0.416 e. The molecule has 0 N–H and O–H groups in total. The van der Waals surface area contributed by atoms with Crippen LogP contribution in [0.5, 0.6) is 0 Å². The predicted octanol–water partition coefficient (Wildman–Crippen LogP) is 3.78. The van der Waals surface area contributed by atoms with Crippen molar-refractivity contribution in [1.82, 2.24) is 14.7 Å². The van der Waals surface area contributed by atoms with Crippen LogP contribution in [0.4, 0.5) is 18.9 Å². The van der Waals surface area contributed by atoms with Gasteiger partial charge in [0.05, 0.1) is 5.56 Å². The van der Waals surface area contributed by atoms with Crippen molar-refractivity contribution < 1.29 is 13.2 Å². The number of piperazine rings is 1. The smallest absolute Gasteiger partial charge is 0.369 e. The van der Waals surface area contributed by atoms with Crippen molar-refractivity contribution in [1.29, 1.82) is 0 Å². The van der Waals surface area contributed by atoms with Crippen LogP contribution in [0.15, 0.2) is 24.3 Å². The summed E-state index contributed by atoms with van der Waals surface area (Å²) in [7, 11) is 0. The van der Waals surface area contributed by atoms with E-state index in [1.807, 2.05) is 0 Å². The molecule has 4 nitrogen and oxygen atoms in total. The molecule has 3 fully saturated rings. The van der Waals surface area contributed by atoms with E-state index in [1.165, 1.54) is 57.5 Å². The molecule has 0 bridgehead atoms. The van der Waals surface area contributed by atoms with Crippen LogP contribution in [-0.4, -0.2) is 85.7 Å². The highest BCUT2D eigenvalue weighted by Gasteiger charge is 2.33. The Bertz CT molecular complexity index is 679. The number of benzene rings is 1. The fourth-order valence-corrected chi connectivity index (χ4v) is 5.44. The Morgan fingerprint density at radius 3 is 2.27 bits per heavy atom. The lowest BCUT2D eigenvalue weighted by Gasteiger charge is -2.47. The van der Waals surface area contributed by atoms with Gasteiger partial charge in [-0.15, -0.1) is 0 Å². The third-order valence-corrected chi connectivity index (χ3v) is 7.32. The van der Waals surface area contributed by atoms with Crippen molar-refractivity contribution in [3.8, 4) is 0 Å². The molecule has 4 rings (SSSR count). The molecule has 30 heavy (non-hydrogen) atoms. The number of likely N-dealkylation sites (tertiary alicyclic amines) is 2. The molecule has 0 unspecified atom stereocenters. The van der Waals surface area contributed by atoms with Crippen molar-refractivity contribution in [3.05, 3.63) is 29.8 Å². The fraction of sp³-hybridized carbons (Fsp3) is 0.739. The van der Waals surface area contributed by atoms with Crippen LogP contribution in [0, 0.1) is 0 Å². The van der Waals surface area contributed by atoms with Crippen molar-refractivity contribution in [2.45, 2.75) is 50.9 Å². The van der Waals surface area contributed by atoms with Crippen molar-refractivity contribution in [2.24, 2.45) is 0 Å². The van der Waals surface area contributed by atoms with E-state index in [9.17, 15) is 13.2 Å². The highest BCUT2D eigenvalue weighted by molar-refractivity contribution is 5.49. The second kappa shape index (κ2) is 9.45. The molecule has 1 aromatic rings. The monoisotopic (exact) mass is 424 g/mol. The predicted molar refractivity (Wildman–Crippen MR) is 115 cm³/mol. The van der Waals surface area contributed by atoms with Gasteiger partial charge < -0.3 is 9.80 Å². The summed E-state index contributed by atoms with van der Waals surface area (Å²) in [5.41, 5.74) is 0.136. The lowest BCUT2D eigenvalue weighted by molar-refractivity contribution is -0.137. The van der Waals surface area contributed by atoms with E-state index in [0.29, 0.717) is 11.7 Å². The first-order valence-electron chi connectivity index (χ1n) is 11.6. The molecule has 1 atom stereocenters. The van der Waals surface area contributed by atoms with Gasteiger partial charge in [0, 0.05) is 50.5 Å². The Balaban J connectivity index is 1.30. The van der Waals surface area contributed by atoms with Crippen LogP contribution in [-0.2, 0) is 6.18 Å². The zero-order chi connectivity index (χ0) is 21.1. The van der Waals surface area contributed by atoms with Crippen molar-refractivity contribution in [3.63, 3.8) is 0 Å². The largest absolute Gasteiger partial charge is 0.416 e. The first-order valence-corrected chi connectivity index (χ1v) is 11.6. The summed E-state index contributed by atoms with van der Waals surface area (Å²) in [6.45, 7) is 11.7. The zero-order valence-corrected chi connectivity index (χ0v) is 18.1. The number of rotatable bonds is 4. The Morgan fingerprint density at radius 1 is 0.867 bits per heavy atom. The Hall–Kier alpha value is -1.31. The standard InChI is InChI=1S/C23H35F3N4/c1-2-27-11-8-20(9-12-27)30-10-4-7-22(18-30)29-15-13-28(14-16-29)21-6-3-5-19(17-21)23(24,25)26/h3,5-6,17,20,22H,2,4,7-16,18H2,1H3/t22-/m1/s1. The summed E-state index contributed by atoms with van der Waals surface area (Å²) in [6, 6.07) is 7.08. The molecule has 0 saturated carbocycles. The molecule has 7 heteroatoms. The Labute approximate surface area is 178 Å². The maximum absolute atomic E-state index is 13.0. The molecule has 0 spiro atoms. The molecule has 3 aliphatic rings. The quantitative estimate of drug-likeness (QED) is 0.729. The van der Waals surface area contributed by atoms with E-state index in [-0.39, 0.29) is 0 Å². The third-order valence-electron chi connectivity index (χ3n) is 7.32. The van der Waals surface area contributed by atoms with Crippen LogP contribution < -0.4 is 4.90 Å². The number of hydrogen-bond donors (Lipinski definition) is 0. The van der Waals surface area contributed by atoms with Crippen molar-refractivity contribution >= 4 is 5.69 Å². The lowest BCUT2D eigenvalue weighted by atomic mass is 9.97. The average Bonchev–Trinajstić information content (AvgIpc) is 2.79. The second-order valence-electron chi connectivity index (χ2n) is 9.03. The van der Waals surface area contributed by atoms with E-state index in [2.05, 4.69) is 26.5 Å². The third kappa shape index (κ3) is 5.11. The average molecular weight is 425 g/mol. The van der Waals surface area contributed by atoms with Gasteiger partial charge in [0.15, 0.2) is 0 Å². The summed E-state index contributed by atoms with van der Waals surface area (Å²) in [6.07, 6.45) is 0.783. The van der Waals surface area contributed by atoms with Crippen LogP contribution in [0.1, 0.15) is 38.2 Å². The first kappa shape index (κ1) is 21.9. The number of nitrogens with zero attached hydrogens (tertiary/aromatic N) is 4. The number of hydrogen-bond acceptors (Lipinski definition) is 4. The number of piperidine rings is 2. The van der Waals surface area contributed by atoms with E-state index in [0.717, 1.165) is 51.4 Å². The van der Waals surface area contributed by atoms with Crippen LogP contribution in [0.3, 0.4) is 0 Å². The van der Waals surface area contributed by atoms with Gasteiger partial charge in [0.25, 0.3) is 0 Å². The summed E-state index contributed by atoms with van der Waals surface area (Å²) < 4.78 is 39.1. The van der Waals surface area contributed by atoms with Gasteiger partial charge in [0.2, 0.25) is 0 Å². The molecule has 0 radical (unpaired) electrons. The molecule has 0 amide bonds.